The monoisotopic (exact) mass is 828 g/mol. The Hall–Kier alpha value is -2.79. The van der Waals surface area contributed by atoms with E-state index in [9.17, 15) is 54.9 Å². The molecule has 1 rings (SSSR count). The predicted molar refractivity (Wildman–Crippen MR) is 191 cm³/mol. The molecule has 0 spiro atoms. The molecule has 1 aliphatic heterocycles. The number of hydrogen-bond donors (Lipinski definition) is 15. The Morgan fingerprint density at radius 2 is 1.16 bits per heavy atom. The van der Waals surface area contributed by atoms with E-state index in [-0.39, 0.29) is 17.2 Å². The molecule has 0 aliphatic carbocycles. The minimum atomic E-state index is -1.79. The molecule has 0 radical (unpaired) electrons. The lowest BCUT2D eigenvalue weighted by molar-refractivity contribution is -0.211. The van der Waals surface area contributed by atoms with Crippen molar-refractivity contribution in [1.82, 2.24) is 16.0 Å². The number of nitrogens with two attached hydrogens (primary N) is 1. The molecule has 23 nitrogen and oxygen atoms in total. The maximum atomic E-state index is 11.7. The van der Waals surface area contributed by atoms with Gasteiger partial charge in [0.25, 0.3) is 11.8 Å². The number of esters is 1. The number of carbonyl (C=O) groups is 4. The number of amides is 3. The normalized spacial score (nSPS) is 22.0. The molecular weight excluding hydrogens is 763 g/mol. The first-order valence-electron chi connectivity index (χ1n) is 17.6. The molecule has 1 heterocycles. The van der Waals surface area contributed by atoms with Crippen LogP contribution in [0, 0.1) is 0 Å². The number of aliphatic hydroxyl groups excluding tert-OH is 11. The Morgan fingerprint density at radius 1 is 0.750 bits per heavy atom. The van der Waals surface area contributed by atoms with Crippen molar-refractivity contribution in [2.75, 3.05) is 67.3 Å². The van der Waals surface area contributed by atoms with Gasteiger partial charge in [-0.25, -0.2) is 4.79 Å². The standard InChI is InChI=1S/C14H28N2O7.C11H24N2O6.C7H12O6.FH/c1-3-10(19)15-6-4-5-7-16-14(22)12(21)11(20)13(23-2)9(18)8-17;1-19-10(7(15)6-14)8(16)9(17)11(18)13-5-3-2-4-12;1-12-6-3(2-8)13-7(11)5(10)4(6)9;/h9,11-13,17-18,20-21H,3-8H2,1-2H3,(H,15,19)(H,16,22);7-10,14-17H,2-6,12H2,1H3,(H,13,18);3-6,8-10H,2H2,1H3;1H/t9?,11-,12?,13-;7?,8-,9?,10-;3?,4-,5?,6-;/m111./s1. The molecule has 0 aromatic heterocycles. The Morgan fingerprint density at radius 3 is 1.50 bits per heavy atom. The lowest BCUT2D eigenvalue weighted by atomic mass is 10.00. The van der Waals surface area contributed by atoms with Crippen LogP contribution in [0.25, 0.3) is 0 Å². The lowest BCUT2D eigenvalue weighted by Gasteiger charge is -2.35. The van der Waals surface area contributed by atoms with Crippen LogP contribution in [0.15, 0.2) is 0 Å². The first kappa shape index (κ1) is 57.5. The van der Waals surface area contributed by atoms with E-state index in [4.69, 9.17) is 40.4 Å². The van der Waals surface area contributed by atoms with Gasteiger partial charge >= 0.3 is 5.97 Å². The van der Waals surface area contributed by atoms with Crippen LogP contribution in [-0.2, 0) is 38.1 Å². The van der Waals surface area contributed by atoms with Crippen LogP contribution in [-0.4, -0.2) is 220 Å². The molecule has 3 amide bonds. The van der Waals surface area contributed by atoms with Gasteiger partial charge in [0.2, 0.25) is 5.91 Å². The van der Waals surface area contributed by atoms with Gasteiger partial charge in [0.1, 0.15) is 48.8 Å². The fourth-order valence-electron chi connectivity index (χ4n) is 4.69. The van der Waals surface area contributed by atoms with Crippen LogP contribution in [0.3, 0.4) is 0 Å². The molecule has 1 fully saturated rings. The maximum absolute atomic E-state index is 11.7. The molecule has 6 unspecified atom stereocenters. The zero-order chi connectivity index (χ0) is 42.7. The molecule has 0 aromatic carbocycles. The Balaban J connectivity index is -0.000000771. The van der Waals surface area contributed by atoms with Crippen LogP contribution in [0.1, 0.15) is 39.0 Å². The van der Waals surface area contributed by atoms with Gasteiger partial charge in [0.05, 0.1) is 19.8 Å². The van der Waals surface area contributed by atoms with E-state index in [0.29, 0.717) is 45.3 Å². The minimum Gasteiger partial charge on any atom is -0.455 e. The summed E-state index contributed by atoms with van der Waals surface area (Å²) < 4.78 is 18.9. The first-order chi connectivity index (χ1) is 26.0. The van der Waals surface area contributed by atoms with Gasteiger partial charge in [-0.05, 0) is 32.2 Å². The molecule has 1 saturated heterocycles. The van der Waals surface area contributed by atoms with Crippen molar-refractivity contribution >= 4 is 23.7 Å². The van der Waals surface area contributed by atoms with Crippen molar-refractivity contribution in [3.8, 4) is 0 Å². The molecule has 12 atom stereocenters. The molecule has 1 aliphatic rings. The minimum absolute atomic E-state index is 0. The molecular formula is C32H65FN4O19. The fraction of sp³-hybridized carbons (Fsp3) is 0.875. The fourth-order valence-corrected chi connectivity index (χ4v) is 4.69. The van der Waals surface area contributed by atoms with Gasteiger partial charge in [-0.3, -0.25) is 19.1 Å². The number of rotatable bonds is 24. The SMILES string of the molecule is CCC(=O)NCCCCNC(=O)C(O)[C@@H](O)[C@H](OC)C(O)CO.CO[C@@H]1C(CO)OC(=O)C(O)[C@H]1O.CO[C@H](C(O)CO)[C@H](O)C(O)C(=O)NCCCCN.F. The number of methoxy groups -OCH3 is 3. The van der Waals surface area contributed by atoms with Crippen molar-refractivity contribution in [1.29, 1.82) is 0 Å². The number of hydrogen-bond acceptors (Lipinski definition) is 20. The van der Waals surface area contributed by atoms with Gasteiger partial charge in [-0.2, -0.15) is 0 Å². The lowest BCUT2D eigenvalue weighted by Crippen LogP contribution is -2.57. The molecule has 0 saturated carbocycles. The Labute approximate surface area is 324 Å². The van der Waals surface area contributed by atoms with E-state index in [1.807, 2.05) is 0 Å². The smallest absolute Gasteiger partial charge is 0.338 e. The highest BCUT2D eigenvalue weighted by Gasteiger charge is 2.44. The average Bonchev–Trinajstić information content (AvgIpc) is 3.19. The molecule has 56 heavy (non-hydrogen) atoms. The van der Waals surface area contributed by atoms with E-state index in [0.717, 1.165) is 6.42 Å². The van der Waals surface area contributed by atoms with E-state index in [1.165, 1.54) is 21.3 Å². The summed E-state index contributed by atoms with van der Waals surface area (Å²) >= 11 is 0. The number of ether oxygens (including phenoxy) is 4. The third kappa shape index (κ3) is 21.1. The molecule has 334 valence electrons. The number of aliphatic hydroxyl groups is 11. The zero-order valence-electron chi connectivity index (χ0n) is 32.1. The number of cyclic esters (lactones) is 1. The topological polar surface area (TPSA) is 390 Å². The molecule has 0 aromatic rings. The highest BCUT2D eigenvalue weighted by Crippen LogP contribution is 2.18. The van der Waals surface area contributed by atoms with Crippen molar-refractivity contribution < 1.29 is 99.0 Å². The highest BCUT2D eigenvalue weighted by atomic mass is 19.0. The number of carbonyl (C=O) groups excluding carboxylic acids is 4. The quantitative estimate of drug-likeness (QED) is 0.0317. The second kappa shape index (κ2) is 33.2. The summed E-state index contributed by atoms with van der Waals surface area (Å²) in [5.74, 6) is -2.56. The largest absolute Gasteiger partial charge is 0.455 e. The zero-order valence-corrected chi connectivity index (χ0v) is 32.1. The summed E-state index contributed by atoms with van der Waals surface area (Å²) in [7, 11) is 3.67. The number of halogens is 1. The van der Waals surface area contributed by atoms with Gasteiger partial charge in [0, 0.05) is 47.4 Å². The van der Waals surface area contributed by atoms with Crippen LogP contribution in [0.2, 0.25) is 0 Å². The van der Waals surface area contributed by atoms with Crippen molar-refractivity contribution in [2.24, 2.45) is 5.73 Å². The van der Waals surface area contributed by atoms with Gasteiger partial charge in [-0.15, -0.1) is 0 Å². The Kier molecular flexibility index (Phi) is 34.1. The summed E-state index contributed by atoms with van der Waals surface area (Å²) in [6.07, 6.45) is -13.9. The molecule has 16 N–H and O–H groups in total. The van der Waals surface area contributed by atoms with Crippen molar-refractivity contribution in [2.45, 2.75) is 112 Å². The first-order valence-corrected chi connectivity index (χ1v) is 17.6. The van der Waals surface area contributed by atoms with Crippen molar-refractivity contribution in [3.63, 3.8) is 0 Å². The summed E-state index contributed by atoms with van der Waals surface area (Å²) in [6.45, 7) is 1.59. The van der Waals surface area contributed by atoms with E-state index < -0.39 is 111 Å². The Bertz CT molecular complexity index is 1050. The summed E-state index contributed by atoms with van der Waals surface area (Å²) in [5, 5.41) is 110. The highest BCUT2D eigenvalue weighted by molar-refractivity contribution is 5.81. The third-order valence-corrected chi connectivity index (χ3v) is 8.00. The average molecular weight is 829 g/mol. The van der Waals surface area contributed by atoms with Crippen molar-refractivity contribution in [3.05, 3.63) is 0 Å². The van der Waals surface area contributed by atoms with Crippen LogP contribution >= 0.6 is 0 Å². The summed E-state index contributed by atoms with van der Waals surface area (Å²) in [6, 6.07) is 0. The van der Waals surface area contributed by atoms with Crippen LogP contribution < -0.4 is 21.7 Å². The van der Waals surface area contributed by atoms with E-state index >= 15 is 0 Å². The van der Waals surface area contributed by atoms with Gasteiger partial charge in [-0.1, -0.05) is 6.92 Å². The number of nitrogens with one attached hydrogen (secondary N) is 3. The second-order valence-corrected chi connectivity index (χ2v) is 12.1. The number of unbranched alkanes of at least 4 members (excludes halogenated alkanes) is 2. The maximum Gasteiger partial charge on any atom is 0.338 e. The summed E-state index contributed by atoms with van der Waals surface area (Å²) in [4.78, 5) is 45.1. The van der Waals surface area contributed by atoms with Crippen LogP contribution in [0.5, 0.6) is 0 Å². The van der Waals surface area contributed by atoms with Gasteiger partial charge in [0.15, 0.2) is 24.4 Å². The summed E-state index contributed by atoms with van der Waals surface area (Å²) in [5.41, 5.74) is 5.29. The predicted octanol–water partition coefficient (Wildman–Crippen LogP) is -7.78. The third-order valence-electron chi connectivity index (χ3n) is 8.00. The van der Waals surface area contributed by atoms with E-state index in [1.54, 1.807) is 6.92 Å². The van der Waals surface area contributed by atoms with Crippen LogP contribution in [0.4, 0.5) is 4.70 Å². The van der Waals surface area contributed by atoms with Gasteiger partial charge < -0.3 is 96.8 Å². The molecule has 24 heteroatoms. The second-order valence-electron chi connectivity index (χ2n) is 12.1. The molecule has 0 bridgehead atoms. The van der Waals surface area contributed by atoms with E-state index in [2.05, 4.69) is 20.7 Å².